The number of carbonyl (C=O) groups excluding carboxylic acids is 4. The molecule has 0 fully saturated rings. The van der Waals surface area contributed by atoms with Crippen LogP contribution in [0.3, 0.4) is 0 Å². The second kappa shape index (κ2) is 8.71. The first kappa shape index (κ1) is 17.6. The fourth-order valence-electron chi connectivity index (χ4n) is 1.66. The van der Waals surface area contributed by atoms with Crippen LogP contribution in [-0.2, 0) is 19.2 Å². The second-order valence-electron chi connectivity index (χ2n) is 4.86. The number of ketones is 4. The van der Waals surface area contributed by atoms with E-state index in [9.17, 15) is 19.2 Å². The average Bonchev–Trinajstić information content (AvgIpc) is 2.42. The molecule has 118 valence electrons. The Kier molecular flexibility index (Phi) is 6.95. The normalized spacial score (nSPS) is 9.91. The van der Waals surface area contributed by atoms with E-state index in [-0.39, 0.29) is 49.2 Å². The van der Waals surface area contributed by atoms with E-state index >= 15 is 0 Å². The first-order valence-electron chi connectivity index (χ1n) is 6.75. The molecule has 0 radical (unpaired) electrons. The van der Waals surface area contributed by atoms with Gasteiger partial charge in [-0.25, -0.2) is 0 Å². The number of benzene rings is 1. The number of ether oxygens (including phenoxy) is 2. The van der Waals surface area contributed by atoms with Crippen molar-refractivity contribution >= 4 is 23.1 Å². The predicted molar refractivity (Wildman–Crippen MR) is 78.0 cm³/mol. The molecule has 0 atom stereocenters. The Hall–Kier alpha value is -2.50. The largest absolute Gasteiger partial charge is 0.482 e. The number of carbonyl (C=O) groups is 4. The van der Waals surface area contributed by atoms with Crippen molar-refractivity contribution in [3.63, 3.8) is 0 Å². The molecule has 0 saturated carbocycles. The van der Waals surface area contributed by atoms with E-state index in [4.69, 9.17) is 9.47 Å². The zero-order valence-corrected chi connectivity index (χ0v) is 12.6. The van der Waals surface area contributed by atoms with Gasteiger partial charge in [-0.15, -0.1) is 0 Å². The third-order valence-corrected chi connectivity index (χ3v) is 2.52. The quantitative estimate of drug-likeness (QED) is 0.609. The summed E-state index contributed by atoms with van der Waals surface area (Å²) in [5.74, 6) is -0.532. The van der Waals surface area contributed by atoms with Crippen LogP contribution < -0.4 is 9.47 Å². The molecule has 1 aromatic rings. The van der Waals surface area contributed by atoms with Crippen LogP contribution in [-0.4, -0.2) is 36.3 Å². The van der Waals surface area contributed by atoms with Crippen LogP contribution in [0.25, 0.3) is 0 Å². The van der Waals surface area contributed by atoms with Crippen molar-refractivity contribution in [2.75, 3.05) is 13.2 Å². The molecular formula is C16H18O6. The topological polar surface area (TPSA) is 86.7 Å². The summed E-state index contributed by atoms with van der Waals surface area (Å²) < 4.78 is 10.6. The maximum atomic E-state index is 11.4. The fourth-order valence-corrected chi connectivity index (χ4v) is 1.66. The molecule has 0 aromatic heterocycles. The lowest BCUT2D eigenvalue weighted by Crippen LogP contribution is -2.16. The first-order chi connectivity index (χ1) is 10.4. The summed E-state index contributed by atoms with van der Waals surface area (Å²) in [6.45, 7) is 2.16. The van der Waals surface area contributed by atoms with E-state index in [1.165, 1.54) is 13.8 Å². The van der Waals surface area contributed by atoms with Gasteiger partial charge in [0.15, 0.2) is 23.1 Å². The van der Waals surface area contributed by atoms with E-state index in [0.717, 1.165) is 0 Å². The molecule has 0 aliphatic heterocycles. The van der Waals surface area contributed by atoms with Gasteiger partial charge in [-0.3, -0.25) is 19.2 Å². The lowest BCUT2D eigenvalue weighted by Gasteiger charge is -2.11. The van der Waals surface area contributed by atoms with Gasteiger partial charge in [-0.2, -0.15) is 0 Å². The third-order valence-electron chi connectivity index (χ3n) is 2.52. The van der Waals surface area contributed by atoms with Gasteiger partial charge < -0.3 is 9.47 Å². The third kappa shape index (κ3) is 6.78. The van der Waals surface area contributed by atoms with Crippen molar-refractivity contribution in [3.8, 4) is 11.5 Å². The van der Waals surface area contributed by atoms with Crippen molar-refractivity contribution in [1.29, 1.82) is 0 Å². The van der Waals surface area contributed by atoms with Gasteiger partial charge in [0.2, 0.25) is 0 Å². The van der Waals surface area contributed by atoms with Crippen molar-refractivity contribution in [3.05, 3.63) is 24.3 Å². The van der Waals surface area contributed by atoms with Crippen LogP contribution in [0.4, 0.5) is 0 Å². The Bertz CT molecular complexity index is 525. The van der Waals surface area contributed by atoms with Crippen molar-refractivity contribution < 1.29 is 28.7 Å². The highest BCUT2D eigenvalue weighted by atomic mass is 16.5. The highest BCUT2D eigenvalue weighted by Gasteiger charge is 2.11. The number of Topliss-reactive ketones (excluding diaryl/α,β-unsaturated/α-hetero) is 4. The van der Waals surface area contributed by atoms with Crippen molar-refractivity contribution in [2.45, 2.75) is 26.7 Å². The standard InChI is InChI=1S/C16H18O6/c1-11(17)7-13(19)9-21-15-5-3-4-6-16(15)22-10-14(20)8-12(2)18/h3-6H,7-10H2,1-2H3. The number of para-hydroxylation sites is 2. The van der Waals surface area contributed by atoms with Crippen LogP contribution in [0, 0.1) is 0 Å². The number of rotatable bonds is 10. The van der Waals surface area contributed by atoms with Crippen LogP contribution >= 0.6 is 0 Å². The van der Waals surface area contributed by atoms with Gasteiger partial charge in [-0.05, 0) is 26.0 Å². The van der Waals surface area contributed by atoms with Gasteiger partial charge in [0.1, 0.15) is 24.8 Å². The Balaban J connectivity index is 2.58. The summed E-state index contributed by atoms with van der Waals surface area (Å²) in [5, 5.41) is 0. The summed E-state index contributed by atoms with van der Waals surface area (Å²) in [5.41, 5.74) is 0. The molecule has 0 bridgehead atoms. The van der Waals surface area contributed by atoms with Gasteiger partial charge in [0, 0.05) is 0 Å². The van der Waals surface area contributed by atoms with Crippen LogP contribution in [0.15, 0.2) is 24.3 Å². The maximum absolute atomic E-state index is 11.4. The molecule has 0 aliphatic rings. The van der Waals surface area contributed by atoms with E-state index in [0.29, 0.717) is 11.5 Å². The van der Waals surface area contributed by atoms with Crippen LogP contribution in [0.5, 0.6) is 11.5 Å². The van der Waals surface area contributed by atoms with Crippen molar-refractivity contribution in [2.24, 2.45) is 0 Å². The lowest BCUT2D eigenvalue weighted by molar-refractivity contribution is -0.129. The molecule has 6 heteroatoms. The predicted octanol–water partition coefficient (Wildman–Crippen LogP) is 1.54. The molecule has 22 heavy (non-hydrogen) atoms. The van der Waals surface area contributed by atoms with Gasteiger partial charge in [0.05, 0.1) is 12.8 Å². The molecule has 0 heterocycles. The minimum atomic E-state index is -0.338. The molecule has 0 N–H and O–H groups in total. The molecule has 6 nitrogen and oxygen atoms in total. The minimum Gasteiger partial charge on any atom is -0.482 e. The van der Waals surface area contributed by atoms with Gasteiger partial charge in [-0.1, -0.05) is 12.1 Å². The maximum Gasteiger partial charge on any atom is 0.177 e. The molecule has 0 saturated heterocycles. The molecule has 0 aliphatic carbocycles. The van der Waals surface area contributed by atoms with E-state index in [2.05, 4.69) is 0 Å². The second-order valence-corrected chi connectivity index (χ2v) is 4.86. The number of hydrogen-bond acceptors (Lipinski definition) is 6. The van der Waals surface area contributed by atoms with E-state index < -0.39 is 0 Å². The minimum absolute atomic E-state index is 0.180. The summed E-state index contributed by atoms with van der Waals surface area (Å²) in [7, 11) is 0. The average molecular weight is 306 g/mol. The summed E-state index contributed by atoms with van der Waals surface area (Å²) in [4.78, 5) is 44.6. The molecular weight excluding hydrogens is 288 g/mol. The SMILES string of the molecule is CC(=O)CC(=O)COc1ccccc1OCC(=O)CC(C)=O. The molecule has 0 spiro atoms. The summed E-state index contributed by atoms with van der Waals surface area (Å²) >= 11 is 0. The molecule has 1 rings (SSSR count). The molecule has 1 aromatic carbocycles. The van der Waals surface area contributed by atoms with E-state index in [1.54, 1.807) is 24.3 Å². The monoisotopic (exact) mass is 306 g/mol. The Morgan fingerprint density at radius 2 is 1.14 bits per heavy atom. The van der Waals surface area contributed by atoms with Crippen molar-refractivity contribution in [1.82, 2.24) is 0 Å². The zero-order chi connectivity index (χ0) is 16.5. The summed E-state index contributed by atoms with van der Waals surface area (Å²) in [6.07, 6.45) is -0.361. The van der Waals surface area contributed by atoms with E-state index in [1.807, 2.05) is 0 Å². The van der Waals surface area contributed by atoms with Gasteiger partial charge in [0.25, 0.3) is 0 Å². The summed E-state index contributed by atoms with van der Waals surface area (Å²) in [6, 6.07) is 6.56. The Labute approximate surface area is 128 Å². The Morgan fingerprint density at radius 3 is 1.45 bits per heavy atom. The van der Waals surface area contributed by atoms with Crippen LogP contribution in [0.2, 0.25) is 0 Å². The lowest BCUT2D eigenvalue weighted by atomic mass is 10.2. The fraction of sp³-hybridized carbons (Fsp3) is 0.375. The Morgan fingerprint density at radius 1 is 0.773 bits per heavy atom. The van der Waals surface area contributed by atoms with Crippen LogP contribution in [0.1, 0.15) is 26.7 Å². The zero-order valence-electron chi connectivity index (χ0n) is 12.6. The first-order valence-corrected chi connectivity index (χ1v) is 6.75. The highest BCUT2D eigenvalue weighted by Crippen LogP contribution is 2.26. The molecule has 0 amide bonds. The molecule has 0 unspecified atom stereocenters. The number of hydrogen-bond donors (Lipinski definition) is 0. The van der Waals surface area contributed by atoms with Gasteiger partial charge >= 0.3 is 0 Å². The highest BCUT2D eigenvalue weighted by molar-refractivity contribution is 5.99. The smallest absolute Gasteiger partial charge is 0.177 e.